The summed E-state index contributed by atoms with van der Waals surface area (Å²) in [7, 11) is 1.70. The number of nitrogens with one attached hydrogen (secondary N) is 2. The zero-order valence-corrected chi connectivity index (χ0v) is 11.0. The Balaban J connectivity index is 1.99. The number of nitrogens with zero attached hydrogens (tertiary/aromatic N) is 4. The lowest BCUT2D eigenvalue weighted by atomic mass is 10.2. The summed E-state index contributed by atoms with van der Waals surface area (Å²) in [6.45, 7) is 0.513. The van der Waals surface area contributed by atoms with Crippen LogP contribution in [0.2, 0.25) is 10.0 Å². The Morgan fingerprint density at radius 2 is 1.67 bits per heavy atom. The van der Waals surface area contributed by atoms with Crippen LogP contribution in [0.15, 0.2) is 18.2 Å². The zero-order chi connectivity index (χ0) is 13.0. The summed E-state index contributed by atoms with van der Waals surface area (Å²) in [6, 6.07) is 5.38. The maximum absolute atomic E-state index is 5.91. The highest BCUT2D eigenvalue weighted by molar-refractivity contribution is 6.42. The summed E-state index contributed by atoms with van der Waals surface area (Å²) >= 11 is 11.7. The second kappa shape index (κ2) is 5.79. The van der Waals surface area contributed by atoms with Crippen LogP contribution in [0.3, 0.4) is 0 Å². The van der Waals surface area contributed by atoms with Gasteiger partial charge in [-0.25, -0.2) is 0 Å². The molecule has 0 fully saturated rings. The van der Waals surface area contributed by atoms with Crippen molar-refractivity contribution in [3.05, 3.63) is 33.8 Å². The number of rotatable bonds is 4. The quantitative estimate of drug-likeness (QED) is 0.897. The molecule has 0 aliphatic rings. The first-order valence-corrected chi connectivity index (χ1v) is 5.87. The van der Waals surface area contributed by atoms with Crippen LogP contribution in [0, 0.1) is 0 Å². The van der Waals surface area contributed by atoms with Gasteiger partial charge in [-0.3, -0.25) is 0 Å². The van der Waals surface area contributed by atoms with E-state index in [9.17, 15) is 0 Å². The van der Waals surface area contributed by atoms with E-state index in [4.69, 9.17) is 23.2 Å². The van der Waals surface area contributed by atoms with Crippen molar-refractivity contribution in [2.45, 2.75) is 6.54 Å². The second-order valence-corrected chi connectivity index (χ2v) is 4.21. The lowest BCUT2D eigenvalue weighted by Crippen LogP contribution is -2.08. The number of benzene rings is 1. The molecule has 6 nitrogen and oxygen atoms in total. The molecule has 0 amide bonds. The maximum Gasteiger partial charge on any atom is 0.262 e. The predicted molar refractivity (Wildman–Crippen MR) is 71.0 cm³/mol. The lowest BCUT2D eigenvalue weighted by molar-refractivity contribution is 0.855. The molecule has 1 aromatic heterocycles. The molecule has 1 heterocycles. The number of anilines is 2. The van der Waals surface area contributed by atoms with Gasteiger partial charge >= 0.3 is 0 Å². The molecule has 2 rings (SSSR count). The monoisotopic (exact) mass is 284 g/mol. The van der Waals surface area contributed by atoms with Crippen LogP contribution >= 0.6 is 23.2 Å². The molecule has 0 saturated carbocycles. The highest BCUT2D eigenvalue weighted by atomic mass is 35.5. The summed E-state index contributed by atoms with van der Waals surface area (Å²) in [6.07, 6.45) is 0. The topological polar surface area (TPSA) is 75.6 Å². The third-order valence-electron chi connectivity index (χ3n) is 2.14. The highest BCUT2D eigenvalue weighted by Gasteiger charge is 2.02. The van der Waals surface area contributed by atoms with E-state index in [0.29, 0.717) is 28.5 Å². The molecule has 0 saturated heterocycles. The first-order valence-electron chi connectivity index (χ1n) is 5.12. The summed E-state index contributed by atoms with van der Waals surface area (Å²) in [5, 5.41) is 22.0. The van der Waals surface area contributed by atoms with E-state index < -0.39 is 0 Å². The second-order valence-electron chi connectivity index (χ2n) is 3.40. The molecule has 18 heavy (non-hydrogen) atoms. The van der Waals surface area contributed by atoms with Gasteiger partial charge in [-0.1, -0.05) is 29.3 Å². The van der Waals surface area contributed by atoms with E-state index in [1.54, 1.807) is 19.2 Å². The van der Waals surface area contributed by atoms with E-state index in [-0.39, 0.29) is 0 Å². The van der Waals surface area contributed by atoms with Crippen molar-refractivity contribution in [2.24, 2.45) is 0 Å². The summed E-state index contributed by atoms with van der Waals surface area (Å²) in [4.78, 5) is 0. The minimum Gasteiger partial charge on any atom is -0.355 e. The average molecular weight is 285 g/mol. The summed E-state index contributed by atoms with van der Waals surface area (Å²) < 4.78 is 0. The Morgan fingerprint density at radius 3 is 2.28 bits per heavy atom. The fourth-order valence-electron chi connectivity index (χ4n) is 1.23. The molecule has 2 aromatic rings. The molecular weight excluding hydrogens is 275 g/mol. The standard InChI is InChI=1S/C10H10Cl2N6/c1-13-9-15-17-10(18-16-9)14-5-6-2-3-7(11)8(12)4-6/h2-4H,5H2,1H3,(H,13,15,16)(H,14,17,18). The molecule has 94 valence electrons. The van der Waals surface area contributed by atoms with Crippen LogP contribution in [0.5, 0.6) is 0 Å². The Hall–Kier alpha value is -1.66. The fourth-order valence-corrected chi connectivity index (χ4v) is 1.55. The number of hydrogen-bond acceptors (Lipinski definition) is 6. The predicted octanol–water partition coefficient (Wildman–Crippen LogP) is 2.23. The molecule has 0 bridgehead atoms. The third-order valence-corrected chi connectivity index (χ3v) is 2.88. The first-order chi connectivity index (χ1) is 8.69. The highest BCUT2D eigenvalue weighted by Crippen LogP contribution is 2.22. The van der Waals surface area contributed by atoms with Crippen molar-refractivity contribution in [1.29, 1.82) is 0 Å². The van der Waals surface area contributed by atoms with Crippen LogP contribution in [-0.4, -0.2) is 27.4 Å². The van der Waals surface area contributed by atoms with Crippen LogP contribution in [0.25, 0.3) is 0 Å². The zero-order valence-electron chi connectivity index (χ0n) is 9.48. The lowest BCUT2D eigenvalue weighted by Gasteiger charge is -2.05. The van der Waals surface area contributed by atoms with E-state index in [2.05, 4.69) is 31.0 Å². The molecule has 0 atom stereocenters. The van der Waals surface area contributed by atoms with Crippen LogP contribution in [-0.2, 0) is 6.54 Å². The van der Waals surface area contributed by atoms with Crippen molar-refractivity contribution in [2.75, 3.05) is 17.7 Å². The maximum atomic E-state index is 5.91. The molecule has 1 aromatic carbocycles. The van der Waals surface area contributed by atoms with E-state index in [0.717, 1.165) is 5.56 Å². The Labute approximate surface area is 114 Å². The molecule has 8 heteroatoms. The Kier molecular flexibility index (Phi) is 4.11. The molecule has 2 N–H and O–H groups in total. The van der Waals surface area contributed by atoms with E-state index >= 15 is 0 Å². The molecular formula is C10H10Cl2N6. The van der Waals surface area contributed by atoms with Gasteiger partial charge in [-0.2, -0.15) is 0 Å². The van der Waals surface area contributed by atoms with Crippen LogP contribution in [0.4, 0.5) is 11.9 Å². The first kappa shape index (κ1) is 12.8. The molecule has 0 aliphatic carbocycles. The van der Waals surface area contributed by atoms with Gasteiger partial charge in [0, 0.05) is 13.6 Å². The van der Waals surface area contributed by atoms with Crippen LogP contribution < -0.4 is 10.6 Å². The van der Waals surface area contributed by atoms with Gasteiger partial charge < -0.3 is 10.6 Å². The average Bonchev–Trinajstić information content (AvgIpc) is 2.41. The molecule has 0 unspecified atom stereocenters. The smallest absolute Gasteiger partial charge is 0.262 e. The fraction of sp³-hybridized carbons (Fsp3) is 0.200. The Morgan fingerprint density at radius 1 is 1.00 bits per heavy atom. The normalized spacial score (nSPS) is 10.2. The van der Waals surface area contributed by atoms with Gasteiger partial charge in [0.05, 0.1) is 10.0 Å². The van der Waals surface area contributed by atoms with Crippen molar-refractivity contribution in [3.63, 3.8) is 0 Å². The number of halogens is 2. The van der Waals surface area contributed by atoms with Gasteiger partial charge in [0.1, 0.15) is 0 Å². The number of hydrogen-bond donors (Lipinski definition) is 2. The van der Waals surface area contributed by atoms with Gasteiger partial charge in [0.2, 0.25) is 0 Å². The summed E-state index contributed by atoms with van der Waals surface area (Å²) in [5.41, 5.74) is 0.964. The van der Waals surface area contributed by atoms with E-state index in [1.807, 2.05) is 6.07 Å². The summed E-state index contributed by atoms with van der Waals surface area (Å²) in [5.74, 6) is 0.718. The van der Waals surface area contributed by atoms with Crippen molar-refractivity contribution in [3.8, 4) is 0 Å². The third kappa shape index (κ3) is 3.18. The van der Waals surface area contributed by atoms with Crippen molar-refractivity contribution >= 4 is 35.1 Å². The SMILES string of the molecule is CNc1nnc(NCc2ccc(Cl)c(Cl)c2)nn1. The van der Waals surface area contributed by atoms with Gasteiger partial charge in [-0.05, 0) is 17.7 Å². The molecule has 0 spiro atoms. The van der Waals surface area contributed by atoms with Crippen molar-refractivity contribution < 1.29 is 0 Å². The van der Waals surface area contributed by atoms with Crippen molar-refractivity contribution in [1.82, 2.24) is 20.4 Å². The van der Waals surface area contributed by atoms with E-state index in [1.165, 1.54) is 0 Å². The minimum atomic E-state index is 0.347. The molecule has 0 radical (unpaired) electrons. The minimum absolute atomic E-state index is 0.347. The van der Waals surface area contributed by atoms with Crippen LogP contribution in [0.1, 0.15) is 5.56 Å². The van der Waals surface area contributed by atoms with Gasteiger partial charge in [0.15, 0.2) is 0 Å². The Bertz CT molecular complexity index is 530. The molecule has 0 aliphatic heterocycles. The largest absolute Gasteiger partial charge is 0.355 e. The van der Waals surface area contributed by atoms with Gasteiger partial charge in [-0.15, -0.1) is 20.4 Å². The number of aromatic nitrogens is 4. The van der Waals surface area contributed by atoms with Gasteiger partial charge in [0.25, 0.3) is 11.9 Å².